The Bertz CT molecular complexity index is 323. The molecule has 2 nitrogen and oxygen atoms in total. The van der Waals surface area contributed by atoms with Crippen LogP contribution in [0.15, 0.2) is 18.3 Å². The molecular formula is C13H19ClN2. The van der Waals surface area contributed by atoms with Gasteiger partial charge in [0, 0.05) is 12.2 Å². The first-order chi connectivity index (χ1) is 7.79. The molecule has 1 aliphatic carbocycles. The van der Waals surface area contributed by atoms with Crippen molar-refractivity contribution in [3.8, 4) is 0 Å². The van der Waals surface area contributed by atoms with E-state index in [0.29, 0.717) is 11.1 Å². The van der Waals surface area contributed by atoms with Crippen LogP contribution in [-0.2, 0) is 0 Å². The number of anilines is 1. The average Bonchev–Trinajstić information content (AvgIpc) is 2.33. The molecule has 3 heteroatoms. The van der Waals surface area contributed by atoms with Crippen LogP contribution in [0, 0.1) is 5.92 Å². The van der Waals surface area contributed by atoms with Gasteiger partial charge >= 0.3 is 0 Å². The fraction of sp³-hybridized carbons (Fsp3) is 0.615. The van der Waals surface area contributed by atoms with Crippen molar-refractivity contribution in [3.05, 3.63) is 23.4 Å². The van der Waals surface area contributed by atoms with Gasteiger partial charge < -0.3 is 5.32 Å². The van der Waals surface area contributed by atoms with Crippen LogP contribution < -0.4 is 5.32 Å². The molecule has 0 aromatic carbocycles. The molecule has 1 aromatic heterocycles. The summed E-state index contributed by atoms with van der Waals surface area (Å²) in [6.45, 7) is 2.28. The van der Waals surface area contributed by atoms with Crippen LogP contribution in [0.4, 0.5) is 5.82 Å². The second-order valence-corrected chi connectivity index (χ2v) is 5.00. The predicted molar refractivity (Wildman–Crippen MR) is 68.9 cm³/mol. The molecule has 1 saturated carbocycles. The zero-order valence-corrected chi connectivity index (χ0v) is 10.5. The lowest BCUT2D eigenvalue weighted by molar-refractivity contribution is 0.317. The summed E-state index contributed by atoms with van der Waals surface area (Å²) in [7, 11) is 0. The van der Waals surface area contributed by atoms with Crippen molar-refractivity contribution < 1.29 is 0 Å². The molecule has 1 aromatic rings. The molecule has 1 fully saturated rings. The Kier molecular flexibility index (Phi) is 4.05. The van der Waals surface area contributed by atoms with Crippen LogP contribution in [-0.4, -0.2) is 11.0 Å². The van der Waals surface area contributed by atoms with Gasteiger partial charge in [-0.1, -0.05) is 37.8 Å². The van der Waals surface area contributed by atoms with E-state index in [1.54, 1.807) is 6.20 Å². The Morgan fingerprint density at radius 1 is 1.38 bits per heavy atom. The van der Waals surface area contributed by atoms with E-state index in [1.807, 2.05) is 12.1 Å². The standard InChI is InChI=1S/C13H19ClN2/c1-2-10-5-3-4-6-12(10)16-13-8-7-11(14)9-15-13/h7-10,12H,2-6H2,1H3,(H,15,16). The van der Waals surface area contributed by atoms with Crippen molar-refractivity contribution in [2.45, 2.75) is 45.1 Å². The Morgan fingerprint density at radius 2 is 2.19 bits per heavy atom. The molecule has 88 valence electrons. The Labute approximate surface area is 102 Å². The smallest absolute Gasteiger partial charge is 0.126 e. The average molecular weight is 239 g/mol. The van der Waals surface area contributed by atoms with Crippen LogP contribution >= 0.6 is 11.6 Å². The highest BCUT2D eigenvalue weighted by Gasteiger charge is 2.23. The lowest BCUT2D eigenvalue weighted by Gasteiger charge is -2.31. The zero-order valence-electron chi connectivity index (χ0n) is 9.75. The second-order valence-electron chi connectivity index (χ2n) is 4.57. The minimum absolute atomic E-state index is 0.590. The van der Waals surface area contributed by atoms with Gasteiger partial charge in [0.25, 0.3) is 0 Å². The molecule has 0 bridgehead atoms. The highest BCUT2D eigenvalue weighted by Crippen LogP contribution is 2.29. The van der Waals surface area contributed by atoms with Crippen LogP contribution in [0.25, 0.3) is 0 Å². The van der Waals surface area contributed by atoms with E-state index >= 15 is 0 Å². The van der Waals surface area contributed by atoms with E-state index in [4.69, 9.17) is 11.6 Å². The van der Waals surface area contributed by atoms with E-state index in [1.165, 1.54) is 32.1 Å². The molecule has 0 saturated heterocycles. The number of pyridine rings is 1. The van der Waals surface area contributed by atoms with Gasteiger partial charge in [-0.15, -0.1) is 0 Å². The van der Waals surface area contributed by atoms with E-state index in [0.717, 1.165) is 11.7 Å². The highest BCUT2D eigenvalue weighted by atomic mass is 35.5. The van der Waals surface area contributed by atoms with Crippen molar-refractivity contribution in [1.82, 2.24) is 4.98 Å². The summed E-state index contributed by atoms with van der Waals surface area (Å²) in [5.41, 5.74) is 0. The van der Waals surface area contributed by atoms with E-state index in [2.05, 4.69) is 17.2 Å². The monoisotopic (exact) mass is 238 g/mol. The molecule has 0 radical (unpaired) electrons. The molecular weight excluding hydrogens is 220 g/mol. The van der Waals surface area contributed by atoms with E-state index < -0.39 is 0 Å². The normalized spacial score (nSPS) is 25.4. The minimum atomic E-state index is 0.590. The Balaban J connectivity index is 1.99. The first kappa shape index (κ1) is 11.7. The largest absolute Gasteiger partial charge is 0.367 e. The van der Waals surface area contributed by atoms with E-state index in [-0.39, 0.29) is 0 Å². The number of aromatic nitrogens is 1. The van der Waals surface area contributed by atoms with Gasteiger partial charge in [-0.05, 0) is 30.9 Å². The number of nitrogens with one attached hydrogen (secondary N) is 1. The van der Waals surface area contributed by atoms with Gasteiger partial charge in [0.2, 0.25) is 0 Å². The number of hydrogen-bond donors (Lipinski definition) is 1. The quantitative estimate of drug-likeness (QED) is 0.857. The fourth-order valence-corrected chi connectivity index (χ4v) is 2.65. The molecule has 0 spiro atoms. The lowest BCUT2D eigenvalue weighted by atomic mass is 9.83. The van der Waals surface area contributed by atoms with Gasteiger partial charge in [-0.3, -0.25) is 0 Å². The van der Waals surface area contributed by atoms with Crippen molar-refractivity contribution in [3.63, 3.8) is 0 Å². The van der Waals surface area contributed by atoms with Crippen molar-refractivity contribution in [2.75, 3.05) is 5.32 Å². The minimum Gasteiger partial charge on any atom is -0.367 e. The third-order valence-corrected chi connectivity index (χ3v) is 3.72. The maximum atomic E-state index is 5.82. The van der Waals surface area contributed by atoms with Crippen LogP contribution in [0.3, 0.4) is 0 Å². The van der Waals surface area contributed by atoms with Crippen LogP contribution in [0.2, 0.25) is 5.02 Å². The second kappa shape index (κ2) is 5.53. The third-order valence-electron chi connectivity index (χ3n) is 3.49. The molecule has 2 atom stereocenters. The number of hydrogen-bond acceptors (Lipinski definition) is 2. The fourth-order valence-electron chi connectivity index (χ4n) is 2.54. The Hall–Kier alpha value is -0.760. The van der Waals surface area contributed by atoms with Gasteiger partial charge in [0.15, 0.2) is 0 Å². The molecule has 0 aliphatic heterocycles. The van der Waals surface area contributed by atoms with Crippen molar-refractivity contribution >= 4 is 17.4 Å². The zero-order chi connectivity index (χ0) is 11.4. The number of nitrogens with zero attached hydrogens (tertiary/aromatic N) is 1. The van der Waals surface area contributed by atoms with E-state index in [9.17, 15) is 0 Å². The summed E-state index contributed by atoms with van der Waals surface area (Å²) >= 11 is 5.82. The maximum absolute atomic E-state index is 5.82. The SMILES string of the molecule is CCC1CCCCC1Nc1ccc(Cl)cn1. The summed E-state index contributed by atoms with van der Waals surface area (Å²) in [6.07, 6.45) is 8.29. The summed E-state index contributed by atoms with van der Waals surface area (Å²) in [5, 5.41) is 4.23. The van der Waals surface area contributed by atoms with Crippen LogP contribution in [0.5, 0.6) is 0 Å². The van der Waals surface area contributed by atoms with Gasteiger partial charge in [0.1, 0.15) is 5.82 Å². The van der Waals surface area contributed by atoms with Crippen molar-refractivity contribution in [1.29, 1.82) is 0 Å². The summed E-state index contributed by atoms with van der Waals surface area (Å²) in [6, 6.07) is 4.44. The lowest BCUT2D eigenvalue weighted by Crippen LogP contribution is -2.32. The predicted octanol–water partition coefficient (Wildman–Crippen LogP) is 4.12. The highest BCUT2D eigenvalue weighted by molar-refractivity contribution is 6.30. The Morgan fingerprint density at radius 3 is 2.88 bits per heavy atom. The van der Waals surface area contributed by atoms with Crippen LogP contribution in [0.1, 0.15) is 39.0 Å². The molecule has 1 N–H and O–H groups in total. The third kappa shape index (κ3) is 2.88. The molecule has 0 amide bonds. The first-order valence-electron chi connectivity index (χ1n) is 6.17. The molecule has 1 aliphatic rings. The topological polar surface area (TPSA) is 24.9 Å². The molecule has 2 unspecified atom stereocenters. The van der Waals surface area contributed by atoms with Crippen molar-refractivity contribution in [2.24, 2.45) is 5.92 Å². The summed E-state index contributed by atoms with van der Waals surface area (Å²) < 4.78 is 0. The number of rotatable bonds is 3. The van der Waals surface area contributed by atoms with Gasteiger partial charge in [0.05, 0.1) is 5.02 Å². The van der Waals surface area contributed by atoms with Gasteiger partial charge in [-0.2, -0.15) is 0 Å². The first-order valence-corrected chi connectivity index (χ1v) is 6.55. The maximum Gasteiger partial charge on any atom is 0.126 e. The molecule has 1 heterocycles. The number of halogens is 1. The summed E-state index contributed by atoms with van der Waals surface area (Å²) in [5.74, 6) is 1.75. The molecule has 2 rings (SSSR count). The molecule has 16 heavy (non-hydrogen) atoms. The van der Waals surface area contributed by atoms with Gasteiger partial charge in [-0.25, -0.2) is 4.98 Å². The summed E-state index contributed by atoms with van der Waals surface area (Å²) in [4.78, 5) is 4.30.